The van der Waals surface area contributed by atoms with Crippen LogP contribution < -0.4 is 5.73 Å². The maximum atomic E-state index is 10.5. The summed E-state index contributed by atoms with van der Waals surface area (Å²) in [5, 5.41) is 8.26. The van der Waals surface area contributed by atoms with Crippen molar-refractivity contribution in [3.05, 3.63) is 0 Å². The highest BCUT2D eigenvalue weighted by atomic mass is 16.4. The van der Waals surface area contributed by atoms with Crippen molar-refractivity contribution in [2.24, 2.45) is 5.73 Å². The van der Waals surface area contributed by atoms with E-state index in [0.29, 0.717) is 6.42 Å². The zero-order valence-electron chi connectivity index (χ0n) is 12.5. The second-order valence-electron chi connectivity index (χ2n) is 2.83. The third-order valence-electron chi connectivity index (χ3n) is 1.28. The Hall–Kier alpha value is -1.23. The molecule has 0 aromatic carbocycles. The summed E-state index contributed by atoms with van der Waals surface area (Å²) in [6.45, 7) is 10.9. The molecule has 0 radical (unpaired) electrons. The number of carboxylic acid groups (broad SMARTS) is 1. The number of ketones is 1. The molecule has 0 saturated carbocycles. The molecule has 0 rings (SSSR count). The molecular weight excluding hydrogens is 234 g/mol. The van der Waals surface area contributed by atoms with Crippen LogP contribution in [0.25, 0.3) is 0 Å². The summed E-state index contributed by atoms with van der Waals surface area (Å²) in [6.07, 6.45) is 1.43. The molecule has 0 bridgehead atoms. The fraction of sp³-hybridized carbons (Fsp3) is 0.769. The first kappa shape index (κ1) is 25.6. The summed E-state index contributed by atoms with van der Waals surface area (Å²) in [5.74, 6) is -0.869. The average Bonchev–Trinajstić information content (AvgIpc) is 2.32. The van der Waals surface area contributed by atoms with Gasteiger partial charge in [-0.3, -0.25) is 9.59 Å². The van der Waals surface area contributed by atoms with Crippen LogP contribution in [0.3, 0.4) is 0 Å². The number of nitrogens with two attached hydrogens (primary N) is 1. The molecule has 3 N–H and O–H groups in total. The minimum atomic E-state index is -0.871. The molecule has 5 heteroatoms. The summed E-state index contributed by atoms with van der Waals surface area (Å²) in [4.78, 5) is 29.3. The van der Waals surface area contributed by atoms with E-state index in [4.69, 9.17) is 15.6 Å². The number of Topliss-reactive ketones (excluding diaryl/α,β-unsaturated/α-hetero) is 1. The van der Waals surface area contributed by atoms with Crippen molar-refractivity contribution in [3.63, 3.8) is 0 Å². The van der Waals surface area contributed by atoms with Crippen molar-refractivity contribution in [2.45, 2.75) is 66.8 Å². The molecule has 0 spiro atoms. The number of hydrogen-bond donors (Lipinski definition) is 2. The molecular formula is C13H29NO4. The second-order valence-corrected chi connectivity index (χ2v) is 2.83. The van der Waals surface area contributed by atoms with Gasteiger partial charge in [-0.2, -0.15) is 0 Å². The van der Waals surface area contributed by atoms with Crippen molar-refractivity contribution in [1.82, 2.24) is 0 Å². The van der Waals surface area contributed by atoms with E-state index in [0.717, 1.165) is 6.29 Å². The number of carbonyl (C=O) groups is 3. The van der Waals surface area contributed by atoms with Gasteiger partial charge in [0, 0.05) is 18.9 Å². The van der Waals surface area contributed by atoms with Crippen molar-refractivity contribution >= 4 is 18.0 Å². The Morgan fingerprint density at radius 2 is 1.56 bits per heavy atom. The van der Waals surface area contributed by atoms with Gasteiger partial charge in [-0.25, -0.2) is 0 Å². The van der Waals surface area contributed by atoms with Crippen LogP contribution in [0.1, 0.15) is 60.8 Å². The monoisotopic (exact) mass is 263 g/mol. The molecule has 1 atom stereocenters. The van der Waals surface area contributed by atoms with Crippen molar-refractivity contribution < 1.29 is 19.5 Å². The Morgan fingerprint density at radius 1 is 1.22 bits per heavy atom. The van der Waals surface area contributed by atoms with Gasteiger partial charge in [-0.15, -0.1) is 0 Å². The third-order valence-corrected chi connectivity index (χ3v) is 1.28. The van der Waals surface area contributed by atoms with Crippen LogP contribution in [-0.2, 0) is 14.4 Å². The Balaban J connectivity index is -0.000000118. The average molecular weight is 263 g/mol. The normalized spacial score (nSPS) is 9.06. The van der Waals surface area contributed by atoms with Gasteiger partial charge in [0.05, 0.1) is 0 Å². The molecule has 110 valence electrons. The van der Waals surface area contributed by atoms with Crippen LogP contribution in [0.2, 0.25) is 0 Å². The van der Waals surface area contributed by atoms with Gasteiger partial charge in [0.1, 0.15) is 12.1 Å². The number of rotatable bonds is 5. The van der Waals surface area contributed by atoms with E-state index in [1.165, 1.54) is 13.8 Å². The lowest BCUT2D eigenvalue weighted by atomic mass is 10.1. The maximum absolute atomic E-state index is 10.5. The van der Waals surface area contributed by atoms with E-state index in [-0.39, 0.29) is 24.7 Å². The largest absolute Gasteiger partial charge is 0.481 e. The van der Waals surface area contributed by atoms with Crippen molar-refractivity contribution in [3.8, 4) is 0 Å². The molecule has 0 aliphatic rings. The predicted molar refractivity (Wildman–Crippen MR) is 74.6 cm³/mol. The molecule has 0 amide bonds. The summed E-state index contributed by atoms with van der Waals surface area (Å²) in [5.41, 5.74) is 5.44. The molecule has 1 unspecified atom stereocenters. The SMILES string of the molecule is CC.CC.CC(=O)CC(N)CCC(=O)O.CC=O. The van der Waals surface area contributed by atoms with E-state index in [1.807, 2.05) is 27.7 Å². The minimum Gasteiger partial charge on any atom is -0.481 e. The molecule has 0 aromatic rings. The summed E-state index contributed by atoms with van der Waals surface area (Å²) >= 11 is 0. The zero-order chi connectivity index (χ0) is 15.6. The van der Waals surface area contributed by atoms with E-state index in [2.05, 4.69) is 0 Å². The van der Waals surface area contributed by atoms with Gasteiger partial charge in [-0.1, -0.05) is 27.7 Å². The van der Waals surface area contributed by atoms with E-state index >= 15 is 0 Å². The van der Waals surface area contributed by atoms with Gasteiger partial charge >= 0.3 is 5.97 Å². The standard InChI is InChI=1S/C7H13NO3.C2H4O.2C2H6/c1-5(9)4-6(8)2-3-7(10)11;1-2-3;2*1-2/h6H,2-4,8H2,1H3,(H,10,11);2H,1H3;2*1-2H3. The minimum absolute atomic E-state index is 0.00267. The van der Waals surface area contributed by atoms with Gasteiger partial charge in [-0.05, 0) is 20.3 Å². The predicted octanol–water partition coefficient (Wildman–Crippen LogP) is 2.42. The molecule has 5 nitrogen and oxygen atoms in total. The first-order valence-corrected chi connectivity index (χ1v) is 6.30. The molecule has 18 heavy (non-hydrogen) atoms. The highest BCUT2D eigenvalue weighted by molar-refractivity contribution is 5.76. The van der Waals surface area contributed by atoms with Gasteiger partial charge in [0.2, 0.25) is 0 Å². The molecule has 0 aromatic heterocycles. The highest BCUT2D eigenvalue weighted by Gasteiger charge is 2.07. The summed E-state index contributed by atoms with van der Waals surface area (Å²) in [6, 6.07) is -0.302. The Labute approximate surface area is 111 Å². The highest BCUT2D eigenvalue weighted by Crippen LogP contribution is 1.99. The number of hydrogen-bond acceptors (Lipinski definition) is 4. The Bertz CT molecular complexity index is 193. The van der Waals surface area contributed by atoms with E-state index < -0.39 is 5.97 Å². The summed E-state index contributed by atoms with van der Waals surface area (Å²) in [7, 11) is 0. The van der Waals surface area contributed by atoms with Crippen molar-refractivity contribution in [2.75, 3.05) is 0 Å². The molecule has 0 saturated heterocycles. The van der Waals surface area contributed by atoms with Crippen LogP contribution in [-0.4, -0.2) is 29.2 Å². The fourth-order valence-corrected chi connectivity index (χ4v) is 0.780. The Kier molecular flexibility index (Phi) is 35.3. The lowest BCUT2D eigenvalue weighted by Crippen LogP contribution is -2.23. The van der Waals surface area contributed by atoms with Crippen LogP contribution in [0, 0.1) is 0 Å². The maximum Gasteiger partial charge on any atom is 0.303 e. The zero-order valence-corrected chi connectivity index (χ0v) is 12.5. The van der Waals surface area contributed by atoms with Crippen LogP contribution in [0.4, 0.5) is 0 Å². The number of aldehydes is 1. The topological polar surface area (TPSA) is 97.5 Å². The van der Waals surface area contributed by atoms with Crippen molar-refractivity contribution in [1.29, 1.82) is 0 Å². The molecule has 0 aliphatic heterocycles. The van der Waals surface area contributed by atoms with Crippen LogP contribution >= 0.6 is 0 Å². The van der Waals surface area contributed by atoms with Crippen LogP contribution in [0.15, 0.2) is 0 Å². The molecule has 0 fully saturated rings. The van der Waals surface area contributed by atoms with E-state index in [9.17, 15) is 9.59 Å². The Morgan fingerprint density at radius 3 is 1.78 bits per heavy atom. The lowest BCUT2D eigenvalue weighted by molar-refractivity contribution is -0.137. The van der Waals surface area contributed by atoms with Gasteiger partial charge in [0.25, 0.3) is 0 Å². The molecule has 0 aliphatic carbocycles. The summed E-state index contributed by atoms with van der Waals surface area (Å²) < 4.78 is 0. The fourth-order valence-electron chi connectivity index (χ4n) is 0.780. The van der Waals surface area contributed by atoms with Gasteiger partial charge < -0.3 is 15.6 Å². The first-order chi connectivity index (χ1) is 8.43. The molecule has 0 heterocycles. The first-order valence-electron chi connectivity index (χ1n) is 6.30. The van der Waals surface area contributed by atoms with Crippen LogP contribution in [0.5, 0.6) is 0 Å². The van der Waals surface area contributed by atoms with Gasteiger partial charge in [0.15, 0.2) is 0 Å². The number of carbonyl (C=O) groups excluding carboxylic acids is 2. The van der Waals surface area contributed by atoms with E-state index in [1.54, 1.807) is 0 Å². The second kappa shape index (κ2) is 24.8. The smallest absolute Gasteiger partial charge is 0.303 e. The lowest BCUT2D eigenvalue weighted by Gasteiger charge is -2.05. The third kappa shape index (κ3) is 46.4. The number of aliphatic carboxylic acids is 1. The number of carboxylic acids is 1. The quantitative estimate of drug-likeness (QED) is 0.742.